The zero-order valence-corrected chi connectivity index (χ0v) is 12.0. The summed E-state index contributed by atoms with van der Waals surface area (Å²) in [5, 5.41) is 20.6. The largest absolute Gasteiger partial charge is 0.386 e. The summed E-state index contributed by atoms with van der Waals surface area (Å²) in [7, 11) is 0. The highest BCUT2D eigenvalue weighted by Crippen LogP contribution is 2.28. The molecule has 0 atom stereocenters. The molecule has 1 heterocycles. The first-order valence-electron chi connectivity index (χ1n) is 6.76. The van der Waals surface area contributed by atoms with Gasteiger partial charge in [-0.3, -0.25) is 14.9 Å². The van der Waals surface area contributed by atoms with Gasteiger partial charge in [0.05, 0.1) is 18.0 Å². The number of β-amino-alcohol motifs (C(OH)–C–C–N with tert-alkyl or cyclic N) is 1. The Bertz CT molecular complexity index is 572. The molecule has 1 N–H and O–H groups in total. The van der Waals surface area contributed by atoms with E-state index in [-0.39, 0.29) is 17.5 Å². The molecule has 1 fully saturated rings. The van der Waals surface area contributed by atoms with Crippen molar-refractivity contribution < 1.29 is 14.8 Å². The summed E-state index contributed by atoms with van der Waals surface area (Å²) in [6.07, 6.45) is 3.03. The van der Waals surface area contributed by atoms with Gasteiger partial charge in [0.25, 0.3) is 5.69 Å². The van der Waals surface area contributed by atoms with E-state index in [1.165, 1.54) is 18.2 Å². The molecular formula is C15H18N2O4. The van der Waals surface area contributed by atoms with E-state index in [2.05, 4.69) is 0 Å². The molecule has 0 saturated carbocycles. The highest BCUT2D eigenvalue weighted by molar-refractivity contribution is 5.92. The Kier molecular flexibility index (Phi) is 4.09. The van der Waals surface area contributed by atoms with Gasteiger partial charge in [-0.05, 0) is 29.7 Å². The normalized spacial score (nSPS) is 17.0. The molecule has 1 aromatic carbocycles. The second kappa shape index (κ2) is 5.65. The van der Waals surface area contributed by atoms with E-state index in [0.29, 0.717) is 18.7 Å². The Morgan fingerprint density at radius 2 is 1.95 bits per heavy atom. The number of hydrogen-bond acceptors (Lipinski definition) is 4. The minimum atomic E-state index is -0.781. The molecule has 1 aromatic rings. The number of nitrogens with zero attached hydrogens (tertiary/aromatic N) is 2. The number of aliphatic hydroxyl groups is 1. The second-order valence-electron chi connectivity index (χ2n) is 5.63. The number of nitro benzene ring substituents is 1. The minimum absolute atomic E-state index is 0.0169. The molecule has 1 aliphatic rings. The van der Waals surface area contributed by atoms with Gasteiger partial charge in [-0.1, -0.05) is 13.8 Å². The van der Waals surface area contributed by atoms with Crippen LogP contribution in [0.1, 0.15) is 19.4 Å². The third-order valence-electron chi connectivity index (χ3n) is 3.84. The Morgan fingerprint density at radius 3 is 2.43 bits per heavy atom. The lowest BCUT2D eigenvalue weighted by Crippen LogP contribution is -2.65. The first kappa shape index (κ1) is 15.2. The summed E-state index contributed by atoms with van der Waals surface area (Å²) in [6, 6.07) is 5.96. The van der Waals surface area contributed by atoms with Crippen molar-refractivity contribution in [3.8, 4) is 0 Å². The molecule has 1 amide bonds. The molecule has 6 heteroatoms. The summed E-state index contributed by atoms with van der Waals surface area (Å²) in [5.41, 5.74) is -0.0477. The fourth-order valence-electron chi connectivity index (χ4n) is 2.12. The van der Waals surface area contributed by atoms with Gasteiger partial charge in [-0.25, -0.2) is 0 Å². The molecule has 6 nitrogen and oxygen atoms in total. The third-order valence-corrected chi connectivity index (χ3v) is 3.84. The molecule has 112 valence electrons. The molecule has 0 radical (unpaired) electrons. The monoisotopic (exact) mass is 290 g/mol. The van der Waals surface area contributed by atoms with Gasteiger partial charge in [0.2, 0.25) is 5.91 Å². The Balaban J connectivity index is 1.93. The summed E-state index contributed by atoms with van der Waals surface area (Å²) < 4.78 is 0. The van der Waals surface area contributed by atoms with Gasteiger partial charge in [-0.15, -0.1) is 0 Å². The van der Waals surface area contributed by atoms with Crippen LogP contribution in [-0.2, 0) is 4.79 Å². The topological polar surface area (TPSA) is 83.7 Å². The Morgan fingerprint density at radius 1 is 1.38 bits per heavy atom. The lowest BCUT2D eigenvalue weighted by molar-refractivity contribution is -0.384. The number of non-ortho nitro benzene ring substituents is 1. The number of rotatable bonds is 4. The molecule has 21 heavy (non-hydrogen) atoms. The number of benzene rings is 1. The van der Waals surface area contributed by atoms with E-state index in [4.69, 9.17) is 0 Å². The summed E-state index contributed by atoms with van der Waals surface area (Å²) >= 11 is 0. The van der Waals surface area contributed by atoms with Gasteiger partial charge >= 0.3 is 0 Å². The average Bonchev–Trinajstić information content (AvgIpc) is 2.41. The van der Waals surface area contributed by atoms with Gasteiger partial charge in [0.1, 0.15) is 5.60 Å². The smallest absolute Gasteiger partial charge is 0.269 e. The van der Waals surface area contributed by atoms with Gasteiger partial charge in [0, 0.05) is 18.2 Å². The van der Waals surface area contributed by atoms with Gasteiger partial charge in [-0.2, -0.15) is 0 Å². The van der Waals surface area contributed by atoms with Crippen molar-refractivity contribution >= 4 is 17.7 Å². The SMILES string of the molecule is CC(C)C1(O)CN(C(=O)C=Cc2ccc([N+](=O)[O-])cc2)C1. The highest BCUT2D eigenvalue weighted by atomic mass is 16.6. The lowest BCUT2D eigenvalue weighted by Gasteiger charge is -2.48. The molecule has 0 bridgehead atoms. The first-order chi connectivity index (χ1) is 9.82. The number of hydrogen-bond donors (Lipinski definition) is 1. The fourth-order valence-corrected chi connectivity index (χ4v) is 2.12. The quantitative estimate of drug-likeness (QED) is 0.521. The lowest BCUT2D eigenvalue weighted by atomic mass is 9.83. The summed E-state index contributed by atoms with van der Waals surface area (Å²) in [6.45, 7) is 4.53. The standard InChI is InChI=1S/C15H18N2O4/c1-11(2)15(19)9-16(10-15)14(18)8-5-12-3-6-13(7-4-12)17(20)21/h3-8,11,19H,9-10H2,1-2H3. The first-order valence-corrected chi connectivity index (χ1v) is 6.76. The maximum atomic E-state index is 11.9. The van der Waals surface area contributed by atoms with E-state index in [9.17, 15) is 20.0 Å². The average molecular weight is 290 g/mol. The minimum Gasteiger partial charge on any atom is -0.386 e. The molecule has 1 aliphatic heterocycles. The molecule has 0 spiro atoms. The zero-order chi connectivity index (χ0) is 15.6. The molecule has 0 aliphatic carbocycles. The van der Waals surface area contributed by atoms with Crippen LogP contribution in [0.25, 0.3) is 6.08 Å². The van der Waals surface area contributed by atoms with E-state index in [1.54, 1.807) is 23.1 Å². The highest BCUT2D eigenvalue weighted by Gasteiger charge is 2.45. The van der Waals surface area contributed by atoms with Crippen LogP contribution in [0.2, 0.25) is 0 Å². The van der Waals surface area contributed by atoms with Gasteiger partial charge in [0.15, 0.2) is 0 Å². The molecule has 1 saturated heterocycles. The maximum absolute atomic E-state index is 11.9. The van der Waals surface area contributed by atoms with E-state index in [1.807, 2.05) is 13.8 Å². The second-order valence-corrected chi connectivity index (χ2v) is 5.63. The van der Waals surface area contributed by atoms with Crippen molar-refractivity contribution in [3.63, 3.8) is 0 Å². The third kappa shape index (κ3) is 3.28. The van der Waals surface area contributed by atoms with Crippen LogP contribution in [0, 0.1) is 16.0 Å². The van der Waals surface area contributed by atoms with Crippen molar-refractivity contribution in [1.82, 2.24) is 4.90 Å². The maximum Gasteiger partial charge on any atom is 0.269 e. The summed E-state index contributed by atoms with van der Waals surface area (Å²) in [4.78, 5) is 23.5. The number of carbonyl (C=O) groups excluding carboxylic acids is 1. The Hall–Kier alpha value is -2.21. The number of nitro groups is 1. The predicted molar refractivity (Wildman–Crippen MR) is 78.5 cm³/mol. The van der Waals surface area contributed by atoms with Crippen molar-refractivity contribution in [3.05, 3.63) is 46.0 Å². The molecule has 2 rings (SSSR count). The number of likely N-dealkylation sites (tertiary alicyclic amines) is 1. The predicted octanol–water partition coefficient (Wildman–Crippen LogP) is 1.84. The van der Waals surface area contributed by atoms with Crippen LogP contribution in [-0.4, -0.2) is 39.5 Å². The van der Waals surface area contributed by atoms with Crippen LogP contribution in [0.3, 0.4) is 0 Å². The van der Waals surface area contributed by atoms with E-state index < -0.39 is 10.5 Å². The van der Waals surface area contributed by atoms with Crippen molar-refractivity contribution in [2.45, 2.75) is 19.4 Å². The molecule has 0 unspecified atom stereocenters. The molecular weight excluding hydrogens is 272 g/mol. The fraction of sp³-hybridized carbons (Fsp3) is 0.400. The van der Waals surface area contributed by atoms with E-state index in [0.717, 1.165) is 0 Å². The molecule has 0 aromatic heterocycles. The van der Waals surface area contributed by atoms with Crippen LogP contribution in [0.5, 0.6) is 0 Å². The van der Waals surface area contributed by atoms with E-state index >= 15 is 0 Å². The van der Waals surface area contributed by atoms with Crippen LogP contribution in [0.15, 0.2) is 30.3 Å². The van der Waals surface area contributed by atoms with Crippen LogP contribution in [0.4, 0.5) is 5.69 Å². The van der Waals surface area contributed by atoms with Crippen molar-refractivity contribution in [1.29, 1.82) is 0 Å². The van der Waals surface area contributed by atoms with Gasteiger partial charge < -0.3 is 10.0 Å². The number of amides is 1. The van der Waals surface area contributed by atoms with Crippen molar-refractivity contribution in [2.75, 3.05) is 13.1 Å². The van der Waals surface area contributed by atoms with Crippen molar-refractivity contribution in [2.24, 2.45) is 5.92 Å². The zero-order valence-electron chi connectivity index (χ0n) is 12.0. The Labute approximate surface area is 122 Å². The summed E-state index contributed by atoms with van der Waals surface area (Å²) in [5.74, 6) is -0.0566. The van der Waals surface area contributed by atoms with Crippen LogP contribution < -0.4 is 0 Å². The van der Waals surface area contributed by atoms with Crippen LogP contribution >= 0.6 is 0 Å². The number of carbonyl (C=O) groups is 1.